The molecule has 0 saturated heterocycles. The molecule has 0 radical (unpaired) electrons. The van der Waals surface area contributed by atoms with E-state index in [4.69, 9.17) is 15.2 Å². The number of anilines is 1. The highest BCUT2D eigenvalue weighted by Crippen LogP contribution is 2.22. The van der Waals surface area contributed by atoms with Crippen LogP contribution in [0.4, 0.5) is 5.82 Å². The summed E-state index contributed by atoms with van der Waals surface area (Å²) >= 11 is 1.07. The van der Waals surface area contributed by atoms with Crippen molar-refractivity contribution in [2.75, 3.05) is 12.3 Å². The summed E-state index contributed by atoms with van der Waals surface area (Å²) in [6, 6.07) is 11.6. The van der Waals surface area contributed by atoms with Crippen LogP contribution in [-0.4, -0.2) is 37.5 Å². The van der Waals surface area contributed by atoms with E-state index in [1.807, 2.05) is 12.1 Å². The molecule has 3 aromatic heterocycles. The van der Waals surface area contributed by atoms with Crippen LogP contribution in [0.15, 0.2) is 58.3 Å². The number of carbonyl (C=O) groups is 1. The number of aryl methyl sites for hydroxylation is 1. The Balaban J connectivity index is 1.59. The fourth-order valence-electron chi connectivity index (χ4n) is 3.36. The van der Waals surface area contributed by atoms with Gasteiger partial charge in [-0.15, -0.1) is 16.6 Å². The lowest BCUT2D eigenvalue weighted by molar-refractivity contribution is 0.0267. The molecule has 0 saturated carbocycles. The molecule has 12 heteroatoms. The van der Waals surface area contributed by atoms with Gasteiger partial charge in [-0.25, -0.2) is 9.78 Å². The topological polar surface area (TPSA) is 139 Å². The lowest BCUT2D eigenvalue weighted by Crippen LogP contribution is -2.38. The monoisotopic (exact) mass is 483 g/mol. The van der Waals surface area contributed by atoms with Crippen LogP contribution in [-0.2, 0) is 20.1 Å². The molecule has 0 aliphatic carbocycles. The minimum atomic E-state index is -0.542. The SMILES string of the molecule is COc1ccc(CNC(=O)c2cc3c(=O)n(Cc4ccc(N(O)O)nc4)c(=O)n(C)c3s2)cc1. The van der Waals surface area contributed by atoms with Crippen LogP contribution >= 0.6 is 11.3 Å². The van der Waals surface area contributed by atoms with E-state index in [1.54, 1.807) is 19.2 Å². The highest BCUT2D eigenvalue weighted by Gasteiger charge is 2.18. The van der Waals surface area contributed by atoms with Gasteiger partial charge in [0.1, 0.15) is 10.6 Å². The van der Waals surface area contributed by atoms with Crippen LogP contribution in [0.25, 0.3) is 10.2 Å². The second-order valence-electron chi connectivity index (χ2n) is 7.41. The van der Waals surface area contributed by atoms with Gasteiger partial charge in [0, 0.05) is 19.8 Å². The minimum Gasteiger partial charge on any atom is -0.497 e. The molecule has 0 fully saturated rings. The summed E-state index contributed by atoms with van der Waals surface area (Å²) in [5.41, 5.74) is 0.324. The summed E-state index contributed by atoms with van der Waals surface area (Å²) in [6.45, 7) is 0.225. The molecule has 0 aliphatic heterocycles. The third-order valence-corrected chi connectivity index (χ3v) is 6.41. The van der Waals surface area contributed by atoms with Crippen molar-refractivity contribution >= 4 is 33.3 Å². The maximum Gasteiger partial charge on any atom is 0.332 e. The number of rotatable bonds is 7. The molecule has 1 amide bonds. The van der Waals surface area contributed by atoms with Crippen molar-refractivity contribution in [3.05, 3.63) is 85.5 Å². The van der Waals surface area contributed by atoms with Crippen molar-refractivity contribution in [3.8, 4) is 5.75 Å². The van der Waals surface area contributed by atoms with Gasteiger partial charge in [-0.2, -0.15) is 0 Å². The van der Waals surface area contributed by atoms with Crippen molar-refractivity contribution in [1.82, 2.24) is 19.4 Å². The third kappa shape index (κ3) is 4.55. The molecule has 0 spiro atoms. The molecule has 4 aromatic rings. The fraction of sp³-hybridized carbons (Fsp3) is 0.182. The van der Waals surface area contributed by atoms with Gasteiger partial charge in [-0.1, -0.05) is 18.2 Å². The first-order chi connectivity index (χ1) is 16.3. The minimum absolute atomic E-state index is 0.0690. The molecular formula is C22H21N5O6S. The zero-order valence-electron chi connectivity index (χ0n) is 18.3. The van der Waals surface area contributed by atoms with Gasteiger partial charge in [-0.05, 0) is 35.4 Å². The number of ether oxygens (including phenoxy) is 1. The van der Waals surface area contributed by atoms with Crippen molar-refractivity contribution in [3.63, 3.8) is 0 Å². The number of carbonyl (C=O) groups excluding carboxylic acids is 1. The van der Waals surface area contributed by atoms with Crippen LogP contribution in [0.2, 0.25) is 0 Å². The van der Waals surface area contributed by atoms with E-state index in [-0.39, 0.29) is 28.9 Å². The quantitative estimate of drug-likeness (QED) is 0.338. The highest BCUT2D eigenvalue weighted by molar-refractivity contribution is 7.20. The number of pyridine rings is 1. The van der Waals surface area contributed by atoms with Gasteiger partial charge in [0.05, 0.1) is 23.9 Å². The number of methoxy groups -OCH3 is 1. The molecule has 3 heterocycles. The van der Waals surface area contributed by atoms with Gasteiger partial charge in [0.2, 0.25) is 0 Å². The predicted octanol–water partition coefficient (Wildman–Crippen LogP) is 1.73. The number of aromatic nitrogens is 3. The number of benzene rings is 1. The zero-order valence-corrected chi connectivity index (χ0v) is 19.1. The average molecular weight is 484 g/mol. The standard InChI is InChI=1S/C22H21N5O6S/c1-25-21-16(9-17(34-21)19(28)24-10-13-3-6-15(33-2)7-4-13)20(29)26(22(25)30)12-14-5-8-18(23-11-14)27(31)32/h3-9,11,31-32H,10,12H2,1-2H3,(H,24,28). The maximum absolute atomic E-state index is 13.1. The molecule has 0 unspecified atom stereocenters. The fourth-order valence-corrected chi connectivity index (χ4v) is 4.38. The number of thiophene rings is 1. The molecule has 0 aliphatic rings. The molecule has 0 bridgehead atoms. The Bertz CT molecular complexity index is 1450. The summed E-state index contributed by atoms with van der Waals surface area (Å²) < 4.78 is 7.49. The largest absolute Gasteiger partial charge is 0.497 e. The summed E-state index contributed by atoms with van der Waals surface area (Å²) in [6.07, 6.45) is 1.33. The van der Waals surface area contributed by atoms with Crippen LogP contribution in [0.5, 0.6) is 5.75 Å². The maximum atomic E-state index is 13.1. The van der Waals surface area contributed by atoms with Gasteiger partial charge < -0.3 is 10.1 Å². The van der Waals surface area contributed by atoms with E-state index < -0.39 is 11.2 Å². The second kappa shape index (κ2) is 9.47. The van der Waals surface area contributed by atoms with E-state index in [2.05, 4.69) is 10.3 Å². The Morgan fingerprint density at radius 3 is 2.47 bits per heavy atom. The lowest BCUT2D eigenvalue weighted by atomic mass is 10.2. The number of fused-ring (bicyclic) bond motifs is 1. The van der Waals surface area contributed by atoms with E-state index in [0.717, 1.165) is 21.5 Å². The Morgan fingerprint density at radius 2 is 1.85 bits per heavy atom. The summed E-state index contributed by atoms with van der Waals surface area (Å²) in [5, 5.41) is 20.9. The lowest BCUT2D eigenvalue weighted by Gasteiger charge is -2.10. The van der Waals surface area contributed by atoms with E-state index in [1.165, 1.54) is 36.0 Å². The van der Waals surface area contributed by atoms with E-state index in [0.29, 0.717) is 27.6 Å². The number of nitrogens with one attached hydrogen (secondary N) is 1. The van der Waals surface area contributed by atoms with Crippen LogP contribution in [0.1, 0.15) is 20.8 Å². The number of amides is 1. The van der Waals surface area contributed by atoms with E-state index >= 15 is 0 Å². The molecule has 1 aromatic carbocycles. The Morgan fingerprint density at radius 1 is 1.15 bits per heavy atom. The first-order valence-electron chi connectivity index (χ1n) is 10.1. The molecule has 4 rings (SSSR count). The highest BCUT2D eigenvalue weighted by atomic mass is 32.1. The molecule has 34 heavy (non-hydrogen) atoms. The van der Waals surface area contributed by atoms with Crippen LogP contribution in [0.3, 0.4) is 0 Å². The summed E-state index contributed by atoms with van der Waals surface area (Å²) in [4.78, 5) is 43.2. The van der Waals surface area contributed by atoms with Crippen molar-refractivity contribution in [1.29, 1.82) is 0 Å². The zero-order chi connectivity index (χ0) is 24.4. The molecular weight excluding hydrogens is 462 g/mol. The van der Waals surface area contributed by atoms with Crippen LogP contribution in [0, 0.1) is 0 Å². The Labute approximate surface area is 196 Å². The van der Waals surface area contributed by atoms with Crippen molar-refractivity contribution in [2.24, 2.45) is 7.05 Å². The third-order valence-electron chi connectivity index (χ3n) is 5.20. The number of hydrogen-bond donors (Lipinski definition) is 3. The second-order valence-corrected chi connectivity index (χ2v) is 8.44. The van der Waals surface area contributed by atoms with Crippen molar-refractivity contribution in [2.45, 2.75) is 13.1 Å². The number of hydrogen-bond acceptors (Lipinski definition) is 9. The van der Waals surface area contributed by atoms with E-state index in [9.17, 15) is 14.4 Å². The Hall–Kier alpha value is -4.00. The Kier molecular flexibility index (Phi) is 6.45. The number of nitrogens with zero attached hydrogens (tertiary/aromatic N) is 4. The average Bonchev–Trinajstić information content (AvgIpc) is 3.30. The van der Waals surface area contributed by atoms with Gasteiger partial charge >= 0.3 is 5.69 Å². The predicted molar refractivity (Wildman–Crippen MR) is 125 cm³/mol. The summed E-state index contributed by atoms with van der Waals surface area (Å²) in [7, 11) is 3.11. The first-order valence-corrected chi connectivity index (χ1v) is 10.9. The van der Waals surface area contributed by atoms with Gasteiger partial charge in [0.25, 0.3) is 11.5 Å². The molecule has 3 N–H and O–H groups in total. The smallest absolute Gasteiger partial charge is 0.332 e. The summed E-state index contributed by atoms with van der Waals surface area (Å²) in [5.74, 6) is 0.252. The van der Waals surface area contributed by atoms with Gasteiger partial charge in [-0.3, -0.25) is 29.1 Å². The molecule has 11 nitrogen and oxygen atoms in total. The molecule has 0 atom stereocenters. The van der Waals surface area contributed by atoms with Crippen molar-refractivity contribution < 1.29 is 19.9 Å². The molecule has 176 valence electrons. The first kappa shape index (κ1) is 23.2. The van der Waals surface area contributed by atoms with Crippen LogP contribution < -0.4 is 26.5 Å². The normalized spacial score (nSPS) is 10.9. The van der Waals surface area contributed by atoms with Gasteiger partial charge in [0.15, 0.2) is 5.82 Å².